The zero-order valence-electron chi connectivity index (χ0n) is 7.10. The molecule has 1 aromatic carbocycles. The molecule has 1 rings (SSSR count). The van der Waals surface area contributed by atoms with Gasteiger partial charge in [0.15, 0.2) is 5.96 Å². The van der Waals surface area contributed by atoms with Gasteiger partial charge >= 0.3 is 0 Å². The first-order valence-electron chi connectivity index (χ1n) is 3.69. The number of benzene rings is 1. The summed E-state index contributed by atoms with van der Waals surface area (Å²) in [5.74, 6) is -1.56. The second-order valence-electron chi connectivity index (χ2n) is 2.59. The molecular formula is C8H8BrF2N3. The van der Waals surface area contributed by atoms with E-state index in [4.69, 9.17) is 11.5 Å². The molecule has 0 heterocycles. The molecule has 0 amide bonds. The molecular weight excluding hydrogens is 256 g/mol. The Morgan fingerprint density at radius 3 is 2.21 bits per heavy atom. The third-order valence-corrected chi connectivity index (χ3v) is 1.98. The van der Waals surface area contributed by atoms with E-state index in [1.165, 1.54) is 0 Å². The smallest absolute Gasteiger partial charge is 0.186 e. The average Bonchev–Trinajstić information content (AvgIpc) is 2.01. The standard InChI is InChI=1S/C8H8BrF2N3/c9-4-1-6(10)5(7(11)2-4)3-14-8(12)13/h1-2H,3H2,(H4,12,13,14). The molecule has 0 aromatic heterocycles. The lowest BCUT2D eigenvalue weighted by Gasteiger charge is -2.02. The van der Waals surface area contributed by atoms with E-state index in [0.29, 0.717) is 4.47 Å². The monoisotopic (exact) mass is 263 g/mol. The molecule has 0 saturated carbocycles. The van der Waals surface area contributed by atoms with Gasteiger partial charge in [-0.2, -0.15) is 0 Å². The molecule has 0 saturated heterocycles. The summed E-state index contributed by atoms with van der Waals surface area (Å²) in [7, 11) is 0. The maximum absolute atomic E-state index is 13.1. The topological polar surface area (TPSA) is 64.4 Å². The largest absolute Gasteiger partial charge is 0.370 e. The number of hydrogen-bond donors (Lipinski definition) is 2. The second kappa shape index (κ2) is 4.36. The van der Waals surface area contributed by atoms with Crippen molar-refractivity contribution in [1.82, 2.24) is 0 Å². The summed E-state index contributed by atoms with van der Waals surface area (Å²) in [6.07, 6.45) is 0. The van der Waals surface area contributed by atoms with Gasteiger partial charge in [-0.25, -0.2) is 13.8 Å². The molecule has 0 aliphatic carbocycles. The molecule has 1 aromatic rings. The van der Waals surface area contributed by atoms with Crippen molar-refractivity contribution in [2.24, 2.45) is 16.5 Å². The minimum Gasteiger partial charge on any atom is -0.370 e. The van der Waals surface area contributed by atoms with Crippen LogP contribution in [0.5, 0.6) is 0 Å². The summed E-state index contributed by atoms with van der Waals surface area (Å²) in [6.45, 7) is -0.201. The highest BCUT2D eigenvalue weighted by atomic mass is 79.9. The van der Waals surface area contributed by atoms with Gasteiger partial charge in [0.25, 0.3) is 0 Å². The lowest BCUT2D eigenvalue weighted by atomic mass is 10.2. The summed E-state index contributed by atoms with van der Waals surface area (Å²) in [4.78, 5) is 3.52. The van der Waals surface area contributed by atoms with Crippen LogP contribution in [0.4, 0.5) is 8.78 Å². The van der Waals surface area contributed by atoms with Crippen molar-refractivity contribution >= 4 is 21.9 Å². The van der Waals surface area contributed by atoms with Crippen LogP contribution >= 0.6 is 15.9 Å². The Morgan fingerprint density at radius 2 is 1.79 bits per heavy atom. The van der Waals surface area contributed by atoms with Gasteiger partial charge in [0, 0.05) is 10.0 Å². The van der Waals surface area contributed by atoms with E-state index in [9.17, 15) is 8.78 Å². The van der Waals surface area contributed by atoms with Gasteiger partial charge in [-0.05, 0) is 12.1 Å². The second-order valence-corrected chi connectivity index (χ2v) is 3.50. The van der Waals surface area contributed by atoms with Crippen molar-refractivity contribution in [2.75, 3.05) is 0 Å². The van der Waals surface area contributed by atoms with Crippen molar-refractivity contribution < 1.29 is 8.78 Å². The van der Waals surface area contributed by atoms with Crippen LogP contribution in [0.15, 0.2) is 21.6 Å². The minimum absolute atomic E-state index is 0.151. The van der Waals surface area contributed by atoms with Gasteiger partial charge in [-0.1, -0.05) is 15.9 Å². The summed E-state index contributed by atoms with van der Waals surface area (Å²) in [5, 5.41) is 0. The molecule has 0 fully saturated rings. The zero-order chi connectivity index (χ0) is 10.7. The summed E-state index contributed by atoms with van der Waals surface area (Å²) in [6, 6.07) is 2.31. The van der Waals surface area contributed by atoms with E-state index in [1.807, 2.05) is 0 Å². The summed E-state index contributed by atoms with van der Waals surface area (Å²) in [5.41, 5.74) is 9.94. The fourth-order valence-corrected chi connectivity index (χ4v) is 1.30. The molecule has 0 aliphatic rings. The van der Waals surface area contributed by atoms with E-state index in [-0.39, 0.29) is 18.1 Å². The normalized spacial score (nSPS) is 9.93. The maximum Gasteiger partial charge on any atom is 0.186 e. The Kier molecular flexibility index (Phi) is 3.40. The average molecular weight is 264 g/mol. The van der Waals surface area contributed by atoms with Crippen molar-refractivity contribution in [3.63, 3.8) is 0 Å². The SMILES string of the molecule is NC(N)=NCc1c(F)cc(Br)cc1F. The van der Waals surface area contributed by atoms with Crippen LogP contribution in [-0.2, 0) is 6.54 Å². The van der Waals surface area contributed by atoms with Crippen LogP contribution in [0.2, 0.25) is 0 Å². The number of halogens is 3. The molecule has 0 spiro atoms. The van der Waals surface area contributed by atoms with Gasteiger partial charge in [0.1, 0.15) is 11.6 Å². The van der Waals surface area contributed by atoms with Crippen molar-refractivity contribution in [2.45, 2.75) is 6.54 Å². The first-order valence-corrected chi connectivity index (χ1v) is 4.49. The molecule has 0 atom stereocenters. The molecule has 76 valence electrons. The zero-order valence-corrected chi connectivity index (χ0v) is 8.68. The molecule has 14 heavy (non-hydrogen) atoms. The van der Waals surface area contributed by atoms with E-state index < -0.39 is 11.6 Å². The van der Waals surface area contributed by atoms with E-state index in [2.05, 4.69) is 20.9 Å². The Balaban J connectivity index is 3.03. The van der Waals surface area contributed by atoms with Gasteiger partial charge in [0.05, 0.1) is 6.54 Å². The summed E-state index contributed by atoms with van der Waals surface area (Å²) < 4.78 is 26.6. The van der Waals surface area contributed by atoms with Crippen LogP contribution in [-0.4, -0.2) is 5.96 Å². The molecule has 3 nitrogen and oxygen atoms in total. The van der Waals surface area contributed by atoms with Crippen LogP contribution in [0.1, 0.15) is 5.56 Å². The highest BCUT2D eigenvalue weighted by molar-refractivity contribution is 9.10. The predicted molar refractivity (Wildman–Crippen MR) is 53.6 cm³/mol. The van der Waals surface area contributed by atoms with Gasteiger partial charge in [-0.3, -0.25) is 0 Å². The van der Waals surface area contributed by atoms with Gasteiger partial charge in [-0.15, -0.1) is 0 Å². The van der Waals surface area contributed by atoms with E-state index in [0.717, 1.165) is 12.1 Å². The molecule has 6 heteroatoms. The van der Waals surface area contributed by atoms with Crippen molar-refractivity contribution in [3.05, 3.63) is 33.8 Å². The third kappa shape index (κ3) is 2.66. The number of nitrogens with zero attached hydrogens (tertiary/aromatic N) is 1. The molecule has 0 aliphatic heterocycles. The lowest BCUT2D eigenvalue weighted by Crippen LogP contribution is -2.22. The highest BCUT2D eigenvalue weighted by Crippen LogP contribution is 2.19. The fraction of sp³-hybridized carbons (Fsp3) is 0.125. The van der Waals surface area contributed by atoms with Gasteiger partial charge in [0.2, 0.25) is 0 Å². The number of nitrogens with two attached hydrogens (primary N) is 2. The molecule has 4 N–H and O–H groups in total. The lowest BCUT2D eigenvalue weighted by molar-refractivity contribution is 0.555. The van der Waals surface area contributed by atoms with E-state index >= 15 is 0 Å². The van der Waals surface area contributed by atoms with Crippen LogP contribution < -0.4 is 11.5 Å². The number of guanidine groups is 1. The van der Waals surface area contributed by atoms with Crippen LogP contribution in [0, 0.1) is 11.6 Å². The minimum atomic E-state index is -0.679. The Morgan fingerprint density at radius 1 is 1.29 bits per heavy atom. The molecule has 0 unspecified atom stereocenters. The first-order chi connectivity index (χ1) is 6.50. The molecule has 0 bridgehead atoms. The quantitative estimate of drug-likeness (QED) is 0.628. The number of aliphatic imine (C=N–C) groups is 1. The van der Waals surface area contributed by atoms with Crippen molar-refractivity contribution in [1.29, 1.82) is 0 Å². The first kappa shape index (κ1) is 10.9. The van der Waals surface area contributed by atoms with E-state index in [1.54, 1.807) is 0 Å². The fourth-order valence-electron chi connectivity index (χ4n) is 0.893. The van der Waals surface area contributed by atoms with Crippen molar-refractivity contribution in [3.8, 4) is 0 Å². The predicted octanol–water partition coefficient (Wildman–Crippen LogP) is 1.50. The van der Waals surface area contributed by atoms with Crippen LogP contribution in [0.25, 0.3) is 0 Å². The van der Waals surface area contributed by atoms with Gasteiger partial charge < -0.3 is 11.5 Å². The third-order valence-electron chi connectivity index (χ3n) is 1.53. The Hall–Kier alpha value is -1.17. The van der Waals surface area contributed by atoms with Crippen LogP contribution in [0.3, 0.4) is 0 Å². The Bertz CT molecular complexity index is 352. The molecule has 0 radical (unpaired) electrons. The number of rotatable bonds is 2. The maximum atomic E-state index is 13.1. The Labute approximate surface area is 87.9 Å². The summed E-state index contributed by atoms with van der Waals surface area (Å²) >= 11 is 2.96. The highest BCUT2D eigenvalue weighted by Gasteiger charge is 2.09. The number of hydrogen-bond acceptors (Lipinski definition) is 1.